The molecule has 0 aromatic heterocycles. The van der Waals surface area contributed by atoms with E-state index in [1.807, 2.05) is 0 Å². The summed E-state index contributed by atoms with van der Waals surface area (Å²) >= 11 is 0. The molecule has 0 saturated heterocycles. The van der Waals surface area contributed by atoms with E-state index in [2.05, 4.69) is 100 Å². The Morgan fingerprint density at radius 2 is 1.36 bits per heavy atom. The first kappa shape index (κ1) is 15.9. The molecule has 0 N–H and O–H groups in total. The van der Waals surface area contributed by atoms with Crippen LogP contribution in [-0.4, -0.2) is 0 Å². The summed E-state index contributed by atoms with van der Waals surface area (Å²) in [5.74, 6) is 0. The molecule has 0 aliphatic heterocycles. The van der Waals surface area contributed by atoms with Crippen molar-refractivity contribution in [3.05, 3.63) is 83.9 Å². The second-order valence-electron chi connectivity index (χ2n) is 8.02. The maximum Gasteiger partial charge on any atom is -0.00963 e. The van der Waals surface area contributed by atoms with Crippen LogP contribution in [-0.2, 0) is 5.41 Å². The Balaban J connectivity index is 2.01. The maximum atomic E-state index is 2.34. The van der Waals surface area contributed by atoms with Crippen molar-refractivity contribution in [2.24, 2.45) is 0 Å². The number of fused-ring (bicyclic) bond motifs is 3. The largest absolute Gasteiger partial charge is 0.0616 e. The second-order valence-corrected chi connectivity index (χ2v) is 8.02. The molecule has 0 spiro atoms. The Labute approximate surface area is 150 Å². The van der Waals surface area contributed by atoms with Crippen LogP contribution in [0.3, 0.4) is 0 Å². The van der Waals surface area contributed by atoms with E-state index < -0.39 is 0 Å². The van der Waals surface area contributed by atoms with E-state index >= 15 is 0 Å². The van der Waals surface area contributed by atoms with Crippen molar-refractivity contribution in [2.75, 3.05) is 0 Å². The van der Waals surface area contributed by atoms with Gasteiger partial charge < -0.3 is 0 Å². The summed E-state index contributed by atoms with van der Waals surface area (Å²) in [6.07, 6.45) is 0. The zero-order valence-electron chi connectivity index (χ0n) is 15.4. The Hall–Kier alpha value is -2.60. The van der Waals surface area contributed by atoms with E-state index in [1.54, 1.807) is 0 Å². The summed E-state index contributed by atoms with van der Waals surface area (Å²) in [5.41, 5.74) is 5.46. The van der Waals surface area contributed by atoms with E-state index in [9.17, 15) is 0 Å². The first-order chi connectivity index (χ1) is 11.9. The number of hydrogen-bond acceptors (Lipinski definition) is 0. The van der Waals surface area contributed by atoms with Crippen molar-refractivity contribution >= 4 is 21.5 Å². The van der Waals surface area contributed by atoms with Crippen molar-refractivity contribution in [3.8, 4) is 11.1 Å². The molecule has 124 valence electrons. The maximum absolute atomic E-state index is 2.34. The van der Waals surface area contributed by atoms with E-state index in [4.69, 9.17) is 0 Å². The Morgan fingerprint density at radius 1 is 0.640 bits per heavy atom. The van der Waals surface area contributed by atoms with Crippen molar-refractivity contribution in [1.29, 1.82) is 0 Å². The normalized spacial score (nSPS) is 12.0. The molecule has 0 heterocycles. The topological polar surface area (TPSA) is 0 Å². The fraction of sp³-hybridized carbons (Fsp3) is 0.200. The van der Waals surface area contributed by atoms with Gasteiger partial charge in [0.1, 0.15) is 0 Å². The van der Waals surface area contributed by atoms with Crippen LogP contribution < -0.4 is 0 Å². The molecule has 4 aromatic rings. The van der Waals surface area contributed by atoms with E-state index in [-0.39, 0.29) is 5.41 Å². The SMILES string of the molecule is Cc1ccc2c(c1)c(-c1ccc(C(C)(C)C)cc1)cc1ccccc12. The third kappa shape index (κ3) is 2.82. The van der Waals surface area contributed by atoms with Gasteiger partial charge in [-0.25, -0.2) is 0 Å². The van der Waals surface area contributed by atoms with Gasteiger partial charge in [-0.05, 0) is 56.6 Å². The molecular weight excluding hydrogens is 300 g/mol. The molecule has 0 bridgehead atoms. The van der Waals surface area contributed by atoms with Gasteiger partial charge in [-0.1, -0.05) is 93.1 Å². The summed E-state index contributed by atoms with van der Waals surface area (Å²) in [4.78, 5) is 0. The lowest BCUT2D eigenvalue weighted by molar-refractivity contribution is 0.590. The number of hydrogen-bond donors (Lipinski definition) is 0. The average molecular weight is 324 g/mol. The highest BCUT2D eigenvalue weighted by Gasteiger charge is 2.14. The molecule has 4 rings (SSSR count). The lowest BCUT2D eigenvalue weighted by atomic mass is 9.85. The van der Waals surface area contributed by atoms with Gasteiger partial charge >= 0.3 is 0 Å². The molecule has 0 unspecified atom stereocenters. The quantitative estimate of drug-likeness (QED) is 0.323. The van der Waals surface area contributed by atoms with Gasteiger partial charge in [0.05, 0.1) is 0 Å². The monoisotopic (exact) mass is 324 g/mol. The van der Waals surface area contributed by atoms with Crippen molar-refractivity contribution in [3.63, 3.8) is 0 Å². The Bertz CT molecular complexity index is 1060. The van der Waals surface area contributed by atoms with Crippen LogP contribution in [0.2, 0.25) is 0 Å². The van der Waals surface area contributed by atoms with Gasteiger partial charge in [-0.15, -0.1) is 0 Å². The Kier molecular flexibility index (Phi) is 3.65. The third-order valence-corrected chi connectivity index (χ3v) is 5.08. The van der Waals surface area contributed by atoms with Gasteiger partial charge in [0, 0.05) is 0 Å². The molecule has 25 heavy (non-hydrogen) atoms. The summed E-state index contributed by atoms with van der Waals surface area (Å²) in [7, 11) is 0. The van der Waals surface area contributed by atoms with Crippen molar-refractivity contribution in [2.45, 2.75) is 33.1 Å². The number of rotatable bonds is 1. The molecule has 0 atom stereocenters. The lowest BCUT2D eigenvalue weighted by Gasteiger charge is -2.19. The average Bonchev–Trinajstić information content (AvgIpc) is 2.60. The van der Waals surface area contributed by atoms with Crippen LogP contribution in [0.5, 0.6) is 0 Å². The minimum absolute atomic E-state index is 0.181. The standard InChI is InChI=1S/C25H24/c1-17-9-14-22-21-8-6-5-7-19(21)16-23(24(22)15-17)18-10-12-20(13-11-18)25(2,3)4/h5-16H,1-4H3. The third-order valence-electron chi connectivity index (χ3n) is 5.08. The summed E-state index contributed by atoms with van der Waals surface area (Å²) < 4.78 is 0. The zero-order chi connectivity index (χ0) is 17.6. The Morgan fingerprint density at radius 3 is 2.08 bits per heavy atom. The predicted molar refractivity (Wildman–Crippen MR) is 110 cm³/mol. The van der Waals surface area contributed by atoms with E-state index in [1.165, 1.54) is 43.8 Å². The minimum Gasteiger partial charge on any atom is -0.0616 e. The summed E-state index contributed by atoms with van der Waals surface area (Å²) in [5, 5.41) is 5.29. The molecule has 0 radical (unpaired) electrons. The van der Waals surface area contributed by atoms with Gasteiger partial charge in [0.15, 0.2) is 0 Å². The van der Waals surface area contributed by atoms with Crippen LogP contribution >= 0.6 is 0 Å². The van der Waals surface area contributed by atoms with Crippen LogP contribution in [0.15, 0.2) is 72.8 Å². The second kappa shape index (κ2) is 5.74. The minimum atomic E-state index is 0.181. The van der Waals surface area contributed by atoms with Gasteiger partial charge in [-0.2, -0.15) is 0 Å². The van der Waals surface area contributed by atoms with Gasteiger partial charge in [0.2, 0.25) is 0 Å². The zero-order valence-corrected chi connectivity index (χ0v) is 15.4. The first-order valence-corrected chi connectivity index (χ1v) is 8.96. The highest BCUT2D eigenvalue weighted by atomic mass is 14.2. The number of benzene rings is 4. The molecule has 0 amide bonds. The molecule has 0 nitrogen and oxygen atoms in total. The molecular formula is C25H24. The van der Waals surface area contributed by atoms with Crippen LogP contribution in [0.1, 0.15) is 31.9 Å². The van der Waals surface area contributed by atoms with E-state index in [0.29, 0.717) is 0 Å². The summed E-state index contributed by atoms with van der Waals surface area (Å²) in [6.45, 7) is 8.95. The molecule has 0 fully saturated rings. The van der Waals surface area contributed by atoms with Gasteiger partial charge in [-0.3, -0.25) is 0 Å². The van der Waals surface area contributed by atoms with Crippen molar-refractivity contribution in [1.82, 2.24) is 0 Å². The molecule has 0 aliphatic rings. The fourth-order valence-electron chi connectivity index (χ4n) is 3.61. The lowest BCUT2D eigenvalue weighted by Crippen LogP contribution is -2.10. The summed E-state index contributed by atoms with van der Waals surface area (Å²) in [6, 6.07) is 26.9. The van der Waals surface area contributed by atoms with Crippen molar-refractivity contribution < 1.29 is 0 Å². The van der Waals surface area contributed by atoms with E-state index in [0.717, 1.165) is 0 Å². The molecule has 4 aromatic carbocycles. The van der Waals surface area contributed by atoms with Crippen LogP contribution in [0, 0.1) is 6.92 Å². The molecule has 0 heteroatoms. The highest BCUT2D eigenvalue weighted by Crippen LogP contribution is 2.36. The highest BCUT2D eigenvalue weighted by molar-refractivity contribution is 6.13. The fourth-order valence-corrected chi connectivity index (χ4v) is 3.61. The molecule has 0 aliphatic carbocycles. The number of aryl methyl sites for hydroxylation is 1. The van der Waals surface area contributed by atoms with Crippen LogP contribution in [0.4, 0.5) is 0 Å². The van der Waals surface area contributed by atoms with Gasteiger partial charge in [0.25, 0.3) is 0 Å². The predicted octanol–water partition coefficient (Wildman–Crippen LogP) is 7.27. The van der Waals surface area contributed by atoms with Crippen LogP contribution in [0.25, 0.3) is 32.7 Å². The molecule has 0 saturated carbocycles. The first-order valence-electron chi connectivity index (χ1n) is 8.96. The smallest absolute Gasteiger partial charge is 0.00963 e.